The molecule has 92 valence electrons. The molecule has 5 heteroatoms. The summed E-state index contributed by atoms with van der Waals surface area (Å²) in [6.07, 6.45) is 3.07. The van der Waals surface area contributed by atoms with Crippen LogP contribution in [0.25, 0.3) is 0 Å². The van der Waals surface area contributed by atoms with Gasteiger partial charge in [-0.25, -0.2) is 4.57 Å². The molecule has 0 N–H and O–H groups in total. The Bertz CT molecular complexity index is 389. The van der Waals surface area contributed by atoms with Crippen LogP contribution in [0, 0.1) is 0 Å². The van der Waals surface area contributed by atoms with E-state index >= 15 is 0 Å². The van der Waals surface area contributed by atoms with Crippen LogP contribution in [0.1, 0.15) is 0 Å². The quantitative estimate of drug-likeness (QED) is 0.521. The highest BCUT2D eigenvalue weighted by Crippen LogP contribution is 2.63. The molecule has 3 nitrogen and oxygen atoms in total. The zero-order valence-electron chi connectivity index (χ0n) is 9.45. The molecular weight excluding hydrogens is 255 g/mol. The molecular formula is C12H15O3PS. The summed E-state index contributed by atoms with van der Waals surface area (Å²) >= 11 is 1.09. The molecule has 17 heavy (non-hydrogen) atoms. The van der Waals surface area contributed by atoms with Crippen molar-refractivity contribution in [3.8, 4) is 0 Å². The Hall–Kier alpha value is -0.800. The van der Waals surface area contributed by atoms with E-state index in [-0.39, 0.29) is 13.2 Å². The van der Waals surface area contributed by atoms with Gasteiger partial charge in [0.1, 0.15) is 0 Å². The summed E-state index contributed by atoms with van der Waals surface area (Å²) in [6, 6.07) is 9.34. The maximum atomic E-state index is 12.3. The molecule has 0 aliphatic heterocycles. The summed E-state index contributed by atoms with van der Waals surface area (Å²) in [5.41, 5.74) is 0. The summed E-state index contributed by atoms with van der Waals surface area (Å²) in [5, 5.41) is 0. The maximum Gasteiger partial charge on any atom is 0.394 e. The lowest BCUT2D eigenvalue weighted by molar-refractivity contribution is 0.254. The predicted molar refractivity (Wildman–Crippen MR) is 72.2 cm³/mol. The molecule has 1 aromatic carbocycles. The van der Waals surface area contributed by atoms with Crippen LogP contribution in [0.15, 0.2) is 60.5 Å². The van der Waals surface area contributed by atoms with Crippen molar-refractivity contribution in [1.82, 2.24) is 0 Å². The van der Waals surface area contributed by atoms with Crippen molar-refractivity contribution < 1.29 is 13.6 Å². The van der Waals surface area contributed by atoms with Gasteiger partial charge in [-0.2, -0.15) is 0 Å². The van der Waals surface area contributed by atoms with E-state index in [1.807, 2.05) is 30.3 Å². The lowest BCUT2D eigenvalue weighted by Crippen LogP contribution is -1.93. The Morgan fingerprint density at radius 1 is 1.12 bits per heavy atom. The number of hydrogen-bond donors (Lipinski definition) is 0. The van der Waals surface area contributed by atoms with Crippen LogP contribution in [0.5, 0.6) is 0 Å². The smallest absolute Gasteiger partial charge is 0.296 e. The third kappa shape index (κ3) is 5.37. The van der Waals surface area contributed by atoms with Crippen LogP contribution < -0.4 is 0 Å². The molecule has 0 amide bonds. The predicted octanol–water partition coefficient (Wildman–Crippen LogP) is 4.29. The molecule has 1 rings (SSSR count). The monoisotopic (exact) mass is 270 g/mol. The number of hydrogen-bond acceptors (Lipinski definition) is 4. The standard InChI is InChI=1S/C12H15O3PS/c1-3-10-14-16(13,15-11-4-2)17-12-8-6-5-7-9-12/h3-9H,1-2,10-11H2. The van der Waals surface area contributed by atoms with E-state index in [1.165, 1.54) is 12.2 Å². The maximum absolute atomic E-state index is 12.3. The van der Waals surface area contributed by atoms with Crippen molar-refractivity contribution in [2.75, 3.05) is 13.2 Å². The first-order valence-corrected chi connectivity index (χ1v) is 8.02. The third-order valence-electron chi connectivity index (χ3n) is 1.66. The normalized spacial score (nSPS) is 11.1. The zero-order valence-corrected chi connectivity index (χ0v) is 11.2. The summed E-state index contributed by atoms with van der Waals surface area (Å²) < 4.78 is 22.8. The average Bonchev–Trinajstić information content (AvgIpc) is 2.35. The molecule has 1 aromatic rings. The Balaban J connectivity index is 2.72. The highest BCUT2D eigenvalue weighted by molar-refractivity contribution is 8.55. The largest absolute Gasteiger partial charge is 0.394 e. The highest BCUT2D eigenvalue weighted by atomic mass is 32.7. The zero-order chi connectivity index (χ0) is 12.6. The van der Waals surface area contributed by atoms with Crippen LogP contribution in [-0.4, -0.2) is 13.2 Å². The Morgan fingerprint density at radius 3 is 2.12 bits per heavy atom. The highest BCUT2D eigenvalue weighted by Gasteiger charge is 2.25. The van der Waals surface area contributed by atoms with Crippen LogP contribution in [0.3, 0.4) is 0 Å². The molecule has 0 fully saturated rings. The van der Waals surface area contributed by atoms with Crippen molar-refractivity contribution in [2.45, 2.75) is 4.90 Å². The molecule has 0 saturated carbocycles. The minimum Gasteiger partial charge on any atom is -0.296 e. The molecule has 0 spiro atoms. The second-order valence-corrected chi connectivity index (χ2v) is 6.97. The van der Waals surface area contributed by atoms with Gasteiger partial charge in [-0.05, 0) is 23.5 Å². The van der Waals surface area contributed by atoms with Crippen molar-refractivity contribution in [3.63, 3.8) is 0 Å². The molecule has 0 aliphatic carbocycles. The van der Waals surface area contributed by atoms with Gasteiger partial charge in [-0.15, -0.1) is 13.2 Å². The minimum atomic E-state index is -3.20. The van der Waals surface area contributed by atoms with Gasteiger partial charge in [0.15, 0.2) is 0 Å². The second kappa shape index (κ2) is 7.51. The van der Waals surface area contributed by atoms with Gasteiger partial charge in [0.25, 0.3) is 0 Å². The molecule has 0 bridgehead atoms. The third-order valence-corrected chi connectivity index (χ3v) is 5.23. The van der Waals surface area contributed by atoms with Crippen molar-refractivity contribution in [3.05, 3.63) is 55.6 Å². The summed E-state index contributed by atoms with van der Waals surface area (Å²) in [4.78, 5) is 0.837. The van der Waals surface area contributed by atoms with Crippen LogP contribution >= 0.6 is 18.2 Å². The lowest BCUT2D eigenvalue weighted by Gasteiger charge is -2.15. The van der Waals surface area contributed by atoms with E-state index in [1.54, 1.807) is 0 Å². The Labute approximate surface area is 106 Å². The molecule has 0 aliphatic rings. The van der Waals surface area contributed by atoms with Gasteiger partial charge in [-0.3, -0.25) is 9.05 Å². The van der Waals surface area contributed by atoms with Crippen LogP contribution in [0.4, 0.5) is 0 Å². The molecule has 0 saturated heterocycles. The van der Waals surface area contributed by atoms with Crippen molar-refractivity contribution in [1.29, 1.82) is 0 Å². The van der Waals surface area contributed by atoms with Gasteiger partial charge < -0.3 is 0 Å². The first-order valence-electron chi connectivity index (χ1n) is 5.06. The summed E-state index contributed by atoms with van der Waals surface area (Å²) in [7, 11) is 0. The minimum absolute atomic E-state index is 0.189. The van der Waals surface area contributed by atoms with Crippen molar-refractivity contribution >= 4 is 18.2 Å². The molecule has 0 heterocycles. The summed E-state index contributed by atoms with van der Waals surface area (Å²) in [6.45, 7) is 4.22. The van der Waals surface area contributed by atoms with E-state index in [4.69, 9.17) is 9.05 Å². The fourth-order valence-corrected chi connectivity index (χ4v) is 4.10. The Morgan fingerprint density at radius 2 is 1.65 bits per heavy atom. The topological polar surface area (TPSA) is 35.5 Å². The van der Waals surface area contributed by atoms with Gasteiger partial charge in [0.2, 0.25) is 0 Å². The first-order chi connectivity index (χ1) is 8.20. The number of rotatable bonds is 8. The summed E-state index contributed by atoms with van der Waals surface area (Å²) in [5.74, 6) is 0. The van der Waals surface area contributed by atoms with E-state index in [0.29, 0.717) is 0 Å². The van der Waals surface area contributed by atoms with E-state index in [0.717, 1.165) is 16.3 Å². The van der Waals surface area contributed by atoms with Crippen molar-refractivity contribution in [2.24, 2.45) is 0 Å². The van der Waals surface area contributed by atoms with E-state index in [2.05, 4.69) is 13.2 Å². The fourth-order valence-electron chi connectivity index (χ4n) is 0.988. The fraction of sp³-hybridized carbons (Fsp3) is 0.167. The van der Waals surface area contributed by atoms with Gasteiger partial charge >= 0.3 is 6.80 Å². The lowest BCUT2D eigenvalue weighted by atomic mass is 10.4. The van der Waals surface area contributed by atoms with E-state index in [9.17, 15) is 4.57 Å². The molecule has 0 unspecified atom stereocenters. The van der Waals surface area contributed by atoms with Gasteiger partial charge in [-0.1, -0.05) is 30.4 Å². The number of benzene rings is 1. The van der Waals surface area contributed by atoms with E-state index < -0.39 is 6.80 Å². The SMILES string of the molecule is C=CCOP(=O)(OCC=C)Sc1ccccc1. The van der Waals surface area contributed by atoms with Crippen LogP contribution in [0.2, 0.25) is 0 Å². The molecule has 0 aromatic heterocycles. The molecule has 0 radical (unpaired) electrons. The molecule has 0 atom stereocenters. The van der Waals surface area contributed by atoms with Gasteiger partial charge in [0, 0.05) is 4.90 Å². The average molecular weight is 270 g/mol. The second-order valence-electron chi connectivity index (χ2n) is 3.02. The first kappa shape index (κ1) is 14.3. The van der Waals surface area contributed by atoms with Crippen LogP contribution in [-0.2, 0) is 13.6 Å². The van der Waals surface area contributed by atoms with Gasteiger partial charge in [0.05, 0.1) is 13.2 Å². The Kier molecular flexibility index (Phi) is 6.30.